The minimum absolute atomic E-state index is 0.0470. The fourth-order valence-electron chi connectivity index (χ4n) is 3.33. The smallest absolute Gasteiger partial charge is 0.250 e. The third-order valence-electron chi connectivity index (χ3n) is 6.84. The van der Waals surface area contributed by atoms with Crippen LogP contribution in [0.25, 0.3) is 0 Å². The molecule has 13 heteroatoms. The molecule has 0 spiro atoms. The van der Waals surface area contributed by atoms with E-state index < -0.39 is 28.4 Å². The van der Waals surface area contributed by atoms with Gasteiger partial charge in [0.1, 0.15) is 11.5 Å². The summed E-state index contributed by atoms with van der Waals surface area (Å²) in [5.41, 5.74) is 12.0. The lowest BCUT2D eigenvalue weighted by Crippen LogP contribution is -2.44. The van der Waals surface area contributed by atoms with Crippen molar-refractivity contribution in [3.63, 3.8) is 0 Å². The molecule has 0 fully saturated rings. The first-order valence-corrected chi connectivity index (χ1v) is 18.8. The highest BCUT2D eigenvalue weighted by Crippen LogP contribution is 2.39. The Morgan fingerprint density at radius 3 is 1.49 bits per heavy atom. The zero-order chi connectivity index (χ0) is 30.4. The van der Waals surface area contributed by atoms with Crippen LogP contribution in [0.15, 0.2) is 46.2 Å². The number of sulfonamides is 2. The van der Waals surface area contributed by atoms with Gasteiger partial charge in [-0.1, -0.05) is 48.5 Å². The van der Waals surface area contributed by atoms with Crippen molar-refractivity contribution < 1.29 is 26.4 Å². The summed E-state index contributed by atoms with van der Waals surface area (Å²) >= 11 is 0. The standard InChI is InChI=1S/C16H30N2O3SSi.C10H16N2O3S/c1-8-18(9-2)22(19,20)13-10-11-15(14(17)12-13)21-23(6,7)16(3,4)5;1-3-12(4-2)16(14,15)8-5-6-10(13)9(11)7-8/h10-12H,8-9,17H2,1-7H3;5-7,13H,3-4,11H2,1-2H3. The first-order valence-electron chi connectivity index (χ1n) is 13.0. The van der Waals surface area contributed by atoms with E-state index in [-0.39, 0.29) is 26.3 Å². The van der Waals surface area contributed by atoms with Gasteiger partial charge in [-0.15, -0.1) is 0 Å². The lowest BCUT2D eigenvalue weighted by molar-refractivity contribution is 0.444. The summed E-state index contributed by atoms with van der Waals surface area (Å²) < 4.78 is 58.1. The lowest BCUT2D eigenvalue weighted by atomic mass is 10.2. The van der Waals surface area contributed by atoms with Crippen LogP contribution in [0.1, 0.15) is 48.5 Å². The van der Waals surface area contributed by atoms with Crippen LogP contribution >= 0.6 is 0 Å². The van der Waals surface area contributed by atoms with E-state index in [1.807, 2.05) is 13.8 Å². The summed E-state index contributed by atoms with van der Waals surface area (Å²) in [6.45, 7) is 19.5. The molecule has 0 bridgehead atoms. The van der Waals surface area contributed by atoms with Crippen molar-refractivity contribution in [1.82, 2.24) is 8.61 Å². The Hall–Kier alpha value is -2.32. The number of anilines is 2. The second-order valence-electron chi connectivity index (χ2n) is 10.5. The van der Waals surface area contributed by atoms with Crippen molar-refractivity contribution in [3.05, 3.63) is 36.4 Å². The van der Waals surface area contributed by atoms with Crippen molar-refractivity contribution in [2.75, 3.05) is 37.6 Å². The third kappa shape index (κ3) is 8.33. The van der Waals surface area contributed by atoms with E-state index in [4.69, 9.17) is 15.9 Å². The monoisotopic (exact) mass is 602 g/mol. The molecule has 0 saturated carbocycles. The van der Waals surface area contributed by atoms with Crippen molar-refractivity contribution >= 4 is 39.7 Å². The molecule has 0 aliphatic carbocycles. The van der Waals surface area contributed by atoms with Gasteiger partial charge >= 0.3 is 0 Å². The summed E-state index contributed by atoms with van der Waals surface area (Å²) in [6.07, 6.45) is 0. The second kappa shape index (κ2) is 13.4. The topological polar surface area (TPSA) is 156 Å². The Kier molecular flexibility index (Phi) is 11.9. The van der Waals surface area contributed by atoms with Gasteiger partial charge < -0.3 is 21.0 Å². The maximum atomic E-state index is 12.5. The maximum Gasteiger partial charge on any atom is 0.250 e. The Morgan fingerprint density at radius 2 is 1.15 bits per heavy atom. The van der Waals surface area contributed by atoms with Crippen molar-refractivity contribution in [3.8, 4) is 11.5 Å². The molecule has 0 atom stereocenters. The molecule has 2 rings (SSSR count). The molecule has 5 N–H and O–H groups in total. The summed E-state index contributed by atoms with van der Waals surface area (Å²) in [5, 5.41) is 9.28. The lowest BCUT2D eigenvalue weighted by Gasteiger charge is -2.36. The summed E-state index contributed by atoms with van der Waals surface area (Å²) in [7, 11) is -9.02. The fraction of sp³-hybridized carbons (Fsp3) is 0.538. The number of nitrogens with zero attached hydrogens (tertiary/aromatic N) is 2. The van der Waals surface area contributed by atoms with E-state index in [0.29, 0.717) is 37.6 Å². The van der Waals surface area contributed by atoms with E-state index in [2.05, 4.69) is 33.9 Å². The van der Waals surface area contributed by atoms with E-state index in [9.17, 15) is 21.9 Å². The van der Waals surface area contributed by atoms with Crippen LogP contribution in [-0.2, 0) is 20.0 Å². The first-order chi connectivity index (χ1) is 17.8. The molecule has 2 aromatic rings. The average molecular weight is 603 g/mol. The van der Waals surface area contributed by atoms with Gasteiger partial charge in [-0.2, -0.15) is 8.61 Å². The van der Waals surface area contributed by atoms with E-state index in [1.54, 1.807) is 26.0 Å². The first kappa shape index (κ1) is 34.7. The number of aromatic hydroxyl groups is 1. The van der Waals surface area contributed by atoms with E-state index in [1.165, 1.54) is 32.9 Å². The highest BCUT2D eigenvalue weighted by Gasteiger charge is 2.39. The molecule has 2 aromatic carbocycles. The molecular weight excluding hydrogens is 557 g/mol. The van der Waals surface area contributed by atoms with Crippen LogP contribution in [0.3, 0.4) is 0 Å². The van der Waals surface area contributed by atoms with Crippen molar-refractivity contribution in [2.45, 2.75) is 76.4 Å². The predicted octanol–water partition coefficient (Wildman–Crippen LogP) is 4.69. The Labute approximate surface area is 236 Å². The van der Waals surface area contributed by atoms with Gasteiger partial charge in [-0.3, -0.25) is 0 Å². The van der Waals surface area contributed by atoms with Crippen LogP contribution in [0.5, 0.6) is 11.5 Å². The molecule has 0 radical (unpaired) electrons. The highest BCUT2D eigenvalue weighted by molar-refractivity contribution is 7.89. The molecule has 0 aliphatic heterocycles. The predicted molar refractivity (Wildman–Crippen MR) is 161 cm³/mol. The van der Waals surface area contributed by atoms with Crippen LogP contribution in [0.2, 0.25) is 18.1 Å². The third-order valence-corrected chi connectivity index (χ3v) is 15.3. The largest absolute Gasteiger partial charge is 0.542 e. The van der Waals surface area contributed by atoms with Crippen LogP contribution < -0.4 is 15.9 Å². The van der Waals surface area contributed by atoms with E-state index in [0.717, 1.165) is 0 Å². The Bertz CT molecular complexity index is 1320. The number of rotatable bonds is 10. The van der Waals surface area contributed by atoms with Gasteiger partial charge in [0.2, 0.25) is 20.0 Å². The quantitative estimate of drug-likeness (QED) is 0.201. The van der Waals surface area contributed by atoms with Gasteiger partial charge in [0, 0.05) is 26.2 Å². The van der Waals surface area contributed by atoms with Gasteiger partial charge in [0.05, 0.1) is 21.2 Å². The maximum absolute atomic E-state index is 12.5. The fourth-order valence-corrected chi connectivity index (χ4v) is 7.36. The Balaban J connectivity index is 0.000000416. The molecule has 0 aliphatic rings. The van der Waals surface area contributed by atoms with Gasteiger partial charge in [0.15, 0.2) is 0 Å². The number of hydrogen-bond acceptors (Lipinski definition) is 8. The molecule has 0 saturated heterocycles. The number of phenolic OH excluding ortho intramolecular Hbond substituents is 1. The van der Waals surface area contributed by atoms with Crippen LogP contribution in [-0.4, -0.2) is 65.0 Å². The molecule has 39 heavy (non-hydrogen) atoms. The van der Waals surface area contributed by atoms with Crippen molar-refractivity contribution in [2.24, 2.45) is 0 Å². The summed E-state index contributed by atoms with van der Waals surface area (Å²) in [4.78, 5) is 0.313. The normalized spacial score (nSPS) is 12.8. The number of nitrogens with two attached hydrogens (primary N) is 2. The summed E-state index contributed by atoms with van der Waals surface area (Å²) in [5.74, 6) is 0.452. The molecule has 10 nitrogen and oxygen atoms in total. The Morgan fingerprint density at radius 1 is 0.769 bits per heavy atom. The number of hydrogen-bond donors (Lipinski definition) is 3. The minimum atomic E-state index is -3.50. The molecule has 0 amide bonds. The number of nitrogen functional groups attached to an aromatic ring is 2. The molecular formula is C26H46N4O6S2Si. The molecule has 0 heterocycles. The minimum Gasteiger partial charge on any atom is -0.542 e. The van der Waals surface area contributed by atoms with Crippen LogP contribution in [0, 0.1) is 0 Å². The molecule has 0 aromatic heterocycles. The second-order valence-corrected chi connectivity index (χ2v) is 19.1. The van der Waals surface area contributed by atoms with Crippen LogP contribution in [0.4, 0.5) is 11.4 Å². The number of benzene rings is 2. The molecule has 0 unspecified atom stereocenters. The zero-order valence-corrected chi connectivity index (χ0v) is 27.3. The molecule has 222 valence electrons. The van der Waals surface area contributed by atoms with Gasteiger partial charge in [-0.25, -0.2) is 16.8 Å². The SMILES string of the molecule is CCN(CC)S(=O)(=O)c1ccc(O)c(N)c1.CCN(CC)S(=O)(=O)c1ccc(O[Si](C)(C)C(C)(C)C)c(N)c1. The summed E-state index contributed by atoms with van der Waals surface area (Å²) in [6, 6.07) is 8.64. The van der Waals surface area contributed by atoms with E-state index >= 15 is 0 Å². The number of phenols is 1. The highest BCUT2D eigenvalue weighted by atomic mass is 32.2. The van der Waals surface area contributed by atoms with Gasteiger partial charge in [-0.05, 0) is 54.5 Å². The average Bonchev–Trinajstić information content (AvgIpc) is 2.82. The van der Waals surface area contributed by atoms with Gasteiger partial charge in [0.25, 0.3) is 8.32 Å². The van der Waals surface area contributed by atoms with Crippen molar-refractivity contribution in [1.29, 1.82) is 0 Å². The zero-order valence-electron chi connectivity index (χ0n) is 24.6.